The zero-order valence-corrected chi connectivity index (χ0v) is 11.7. The fourth-order valence-corrected chi connectivity index (χ4v) is 3.16. The van der Waals surface area contributed by atoms with Crippen LogP contribution in [0.1, 0.15) is 48.0 Å². The third-order valence-corrected chi connectivity index (χ3v) is 4.50. The second kappa shape index (κ2) is 5.06. The molecule has 1 unspecified atom stereocenters. The van der Waals surface area contributed by atoms with Crippen LogP contribution in [-0.2, 0) is 19.4 Å². The molecule has 1 aromatic carbocycles. The minimum atomic E-state index is 0.647. The molecular weight excluding hydrogens is 246 g/mol. The average molecular weight is 267 g/mol. The molecule has 20 heavy (non-hydrogen) atoms. The van der Waals surface area contributed by atoms with E-state index in [2.05, 4.69) is 40.6 Å². The minimum absolute atomic E-state index is 0.647. The molecule has 1 fully saturated rings. The number of benzene rings is 1. The smallest absolute Gasteiger partial charge is 0.120 e. The molecule has 2 aliphatic carbocycles. The number of H-pyrrole nitrogens is 1. The Kier molecular flexibility index (Phi) is 3.07. The number of hydrogen-bond acceptors (Lipinski definition) is 2. The van der Waals surface area contributed by atoms with Crippen LogP contribution >= 0.6 is 0 Å². The molecule has 1 saturated carbocycles. The Morgan fingerprint density at radius 3 is 2.80 bits per heavy atom. The Hall–Kier alpha value is -1.61. The number of aromatic amines is 1. The van der Waals surface area contributed by atoms with Gasteiger partial charge in [-0.15, -0.1) is 0 Å². The summed E-state index contributed by atoms with van der Waals surface area (Å²) in [6, 6.07) is 11.6. The van der Waals surface area contributed by atoms with Crippen molar-refractivity contribution < 1.29 is 0 Å². The van der Waals surface area contributed by atoms with Gasteiger partial charge in [-0.25, -0.2) is 4.98 Å². The first-order valence-electron chi connectivity index (χ1n) is 7.73. The van der Waals surface area contributed by atoms with Gasteiger partial charge in [0.25, 0.3) is 0 Å². The maximum atomic E-state index is 4.76. The summed E-state index contributed by atoms with van der Waals surface area (Å²) in [5, 5.41) is 3.53. The first-order valence-corrected chi connectivity index (χ1v) is 7.73. The highest BCUT2D eigenvalue weighted by Crippen LogP contribution is 2.31. The van der Waals surface area contributed by atoms with Crippen molar-refractivity contribution in [1.29, 1.82) is 0 Å². The van der Waals surface area contributed by atoms with Crippen LogP contribution in [0.2, 0.25) is 0 Å². The summed E-state index contributed by atoms with van der Waals surface area (Å²) in [7, 11) is 0. The Morgan fingerprint density at radius 1 is 1.15 bits per heavy atom. The van der Waals surface area contributed by atoms with Crippen LogP contribution in [0.5, 0.6) is 0 Å². The summed E-state index contributed by atoms with van der Waals surface area (Å²) in [6.45, 7) is 0.896. The van der Waals surface area contributed by atoms with Gasteiger partial charge in [0, 0.05) is 11.7 Å². The number of aryl methyl sites for hydroxylation is 1. The molecule has 0 amide bonds. The summed E-state index contributed by atoms with van der Waals surface area (Å²) in [6.07, 6.45) is 6.09. The second-order valence-corrected chi connectivity index (χ2v) is 6.11. The molecule has 2 N–H and O–H groups in total. The molecule has 1 heterocycles. The van der Waals surface area contributed by atoms with E-state index in [1.165, 1.54) is 36.2 Å². The van der Waals surface area contributed by atoms with Crippen LogP contribution in [0.15, 0.2) is 30.3 Å². The highest BCUT2D eigenvalue weighted by Gasteiger charge is 2.24. The summed E-state index contributed by atoms with van der Waals surface area (Å²) < 4.78 is 0. The molecule has 104 valence electrons. The van der Waals surface area contributed by atoms with Gasteiger partial charge in [-0.2, -0.15) is 0 Å². The number of fused-ring (bicyclic) bond motifs is 1. The zero-order chi connectivity index (χ0) is 13.4. The number of imidazole rings is 1. The molecule has 0 bridgehead atoms. The molecule has 3 nitrogen and oxygen atoms in total. The molecule has 2 aliphatic rings. The van der Waals surface area contributed by atoms with Crippen molar-refractivity contribution in [3.63, 3.8) is 0 Å². The quantitative estimate of drug-likeness (QED) is 0.894. The third-order valence-electron chi connectivity index (χ3n) is 4.50. The SMILES string of the molecule is c1ccc(C2CCc3nc(CNC4CC4)[nH]c3C2)cc1. The van der Waals surface area contributed by atoms with Gasteiger partial charge < -0.3 is 10.3 Å². The Bertz CT molecular complexity index is 584. The van der Waals surface area contributed by atoms with Crippen LogP contribution < -0.4 is 5.32 Å². The summed E-state index contributed by atoms with van der Waals surface area (Å²) in [5.41, 5.74) is 4.12. The topological polar surface area (TPSA) is 40.7 Å². The Morgan fingerprint density at radius 2 is 2.00 bits per heavy atom. The van der Waals surface area contributed by atoms with Crippen molar-refractivity contribution in [1.82, 2.24) is 15.3 Å². The van der Waals surface area contributed by atoms with Gasteiger partial charge >= 0.3 is 0 Å². The van der Waals surface area contributed by atoms with E-state index >= 15 is 0 Å². The second-order valence-electron chi connectivity index (χ2n) is 6.11. The standard InChI is InChI=1S/C17H21N3/c1-2-4-12(5-3-1)13-6-9-15-16(10-13)20-17(19-15)11-18-14-7-8-14/h1-5,13-14,18H,6-11H2,(H,19,20). The third kappa shape index (κ3) is 2.50. The van der Waals surface area contributed by atoms with Crippen LogP contribution in [0.25, 0.3) is 0 Å². The van der Waals surface area contributed by atoms with Crippen molar-refractivity contribution in [3.8, 4) is 0 Å². The molecule has 0 spiro atoms. The van der Waals surface area contributed by atoms with Crippen LogP contribution in [0.3, 0.4) is 0 Å². The molecular formula is C17H21N3. The predicted octanol–water partition coefficient (Wildman–Crippen LogP) is 2.93. The number of nitrogens with one attached hydrogen (secondary N) is 2. The first-order chi connectivity index (χ1) is 9.88. The van der Waals surface area contributed by atoms with Crippen LogP contribution in [-0.4, -0.2) is 16.0 Å². The number of hydrogen-bond donors (Lipinski definition) is 2. The van der Waals surface area contributed by atoms with E-state index in [-0.39, 0.29) is 0 Å². The lowest BCUT2D eigenvalue weighted by molar-refractivity contribution is 0.572. The molecule has 1 aromatic heterocycles. The fourth-order valence-electron chi connectivity index (χ4n) is 3.16. The van der Waals surface area contributed by atoms with Gasteiger partial charge in [0.05, 0.1) is 12.2 Å². The molecule has 0 saturated heterocycles. The molecule has 4 rings (SSSR count). The lowest BCUT2D eigenvalue weighted by Gasteiger charge is -2.21. The van der Waals surface area contributed by atoms with Crippen molar-refractivity contribution in [2.45, 2.75) is 50.6 Å². The highest BCUT2D eigenvalue weighted by atomic mass is 15.0. The van der Waals surface area contributed by atoms with Crippen molar-refractivity contribution in [3.05, 3.63) is 53.1 Å². The van der Waals surface area contributed by atoms with E-state index < -0.39 is 0 Å². The van der Waals surface area contributed by atoms with Gasteiger partial charge in [-0.1, -0.05) is 30.3 Å². The minimum Gasteiger partial charge on any atom is -0.345 e. The van der Waals surface area contributed by atoms with E-state index in [4.69, 9.17) is 4.98 Å². The van der Waals surface area contributed by atoms with Gasteiger partial charge in [0.15, 0.2) is 0 Å². The summed E-state index contributed by atoms with van der Waals surface area (Å²) in [5.74, 6) is 1.77. The van der Waals surface area contributed by atoms with Gasteiger partial charge in [-0.05, 0) is 43.6 Å². The highest BCUT2D eigenvalue weighted by molar-refractivity contribution is 5.27. The molecule has 2 aromatic rings. The molecule has 3 heteroatoms. The van der Waals surface area contributed by atoms with Gasteiger partial charge in [0.1, 0.15) is 5.82 Å². The van der Waals surface area contributed by atoms with Crippen molar-refractivity contribution in [2.24, 2.45) is 0 Å². The number of rotatable bonds is 4. The van der Waals surface area contributed by atoms with E-state index in [9.17, 15) is 0 Å². The van der Waals surface area contributed by atoms with E-state index in [1.807, 2.05) is 0 Å². The molecule has 0 aliphatic heterocycles. The van der Waals surface area contributed by atoms with Crippen molar-refractivity contribution in [2.75, 3.05) is 0 Å². The van der Waals surface area contributed by atoms with E-state index in [0.717, 1.165) is 31.3 Å². The lowest BCUT2D eigenvalue weighted by Crippen LogP contribution is -2.16. The summed E-state index contributed by atoms with van der Waals surface area (Å²) >= 11 is 0. The largest absolute Gasteiger partial charge is 0.345 e. The molecule has 0 radical (unpaired) electrons. The average Bonchev–Trinajstić information content (AvgIpc) is 3.24. The fraction of sp³-hybridized carbons (Fsp3) is 0.471. The molecule has 1 atom stereocenters. The van der Waals surface area contributed by atoms with Crippen molar-refractivity contribution >= 4 is 0 Å². The number of nitrogens with zero attached hydrogens (tertiary/aromatic N) is 1. The lowest BCUT2D eigenvalue weighted by atomic mass is 9.85. The van der Waals surface area contributed by atoms with E-state index in [1.54, 1.807) is 0 Å². The predicted molar refractivity (Wildman–Crippen MR) is 79.7 cm³/mol. The van der Waals surface area contributed by atoms with Crippen LogP contribution in [0.4, 0.5) is 0 Å². The Balaban J connectivity index is 1.47. The zero-order valence-electron chi connectivity index (χ0n) is 11.7. The van der Waals surface area contributed by atoms with Gasteiger partial charge in [0.2, 0.25) is 0 Å². The number of aromatic nitrogens is 2. The van der Waals surface area contributed by atoms with Crippen LogP contribution in [0, 0.1) is 0 Å². The Labute approximate surface area is 119 Å². The maximum absolute atomic E-state index is 4.76. The van der Waals surface area contributed by atoms with E-state index in [0.29, 0.717) is 5.92 Å². The monoisotopic (exact) mass is 267 g/mol. The normalized spacial score (nSPS) is 21.7. The summed E-state index contributed by atoms with van der Waals surface area (Å²) in [4.78, 5) is 8.30. The maximum Gasteiger partial charge on any atom is 0.120 e. The first kappa shape index (κ1) is 12.2. The van der Waals surface area contributed by atoms with Gasteiger partial charge in [-0.3, -0.25) is 0 Å².